The lowest BCUT2D eigenvalue weighted by atomic mass is 9.75. The van der Waals surface area contributed by atoms with Crippen molar-refractivity contribution >= 4 is 0 Å². The first-order valence-electron chi connectivity index (χ1n) is 8.90. The summed E-state index contributed by atoms with van der Waals surface area (Å²) in [5.74, 6) is 2.90. The van der Waals surface area contributed by atoms with Gasteiger partial charge in [-0.15, -0.1) is 0 Å². The van der Waals surface area contributed by atoms with Gasteiger partial charge in [-0.05, 0) is 63.2 Å². The van der Waals surface area contributed by atoms with Crippen LogP contribution in [0.1, 0.15) is 65.7 Å². The van der Waals surface area contributed by atoms with E-state index < -0.39 is 0 Å². The number of hydrogen-bond acceptors (Lipinski definition) is 2. The van der Waals surface area contributed by atoms with Gasteiger partial charge in [-0.2, -0.15) is 0 Å². The van der Waals surface area contributed by atoms with Crippen molar-refractivity contribution in [2.75, 3.05) is 20.2 Å². The molecule has 0 amide bonds. The maximum atomic E-state index is 5.53. The predicted octanol–water partition coefficient (Wildman–Crippen LogP) is 4.34. The van der Waals surface area contributed by atoms with E-state index in [0.29, 0.717) is 12.1 Å². The fourth-order valence-corrected chi connectivity index (χ4v) is 4.27. The summed E-state index contributed by atoms with van der Waals surface area (Å²) in [7, 11) is 1.86. The third-order valence-corrected chi connectivity index (χ3v) is 6.13. The standard InChI is InChI=1S/C18H35NO/c1-5-14(2)17-8-6-16(7-9-17)13-19-11-10-18(20-4)12-15(19)3/h14-18H,5-13H2,1-4H3. The number of ether oxygens (including phenoxy) is 1. The van der Waals surface area contributed by atoms with E-state index in [0.717, 1.165) is 17.8 Å². The van der Waals surface area contributed by atoms with Crippen molar-refractivity contribution in [2.45, 2.75) is 77.9 Å². The molecule has 2 fully saturated rings. The van der Waals surface area contributed by atoms with Crippen molar-refractivity contribution in [1.82, 2.24) is 4.90 Å². The molecule has 0 aromatic rings. The van der Waals surface area contributed by atoms with Crippen LogP contribution in [0.25, 0.3) is 0 Å². The molecule has 20 heavy (non-hydrogen) atoms. The van der Waals surface area contributed by atoms with Crippen LogP contribution in [0.3, 0.4) is 0 Å². The Bertz CT molecular complexity index is 273. The molecule has 2 rings (SSSR count). The lowest BCUT2D eigenvalue weighted by molar-refractivity contribution is 0.00671. The summed E-state index contributed by atoms with van der Waals surface area (Å²) >= 11 is 0. The van der Waals surface area contributed by atoms with Crippen LogP contribution in [0.5, 0.6) is 0 Å². The lowest BCUT2D eigenvalue weighted by Gasteiger charge is -2.41. The summed E-state index contributed by atoms with van der Waals surface area (Å²) in [6.07, 6.45) is 10.2. The number of hydrogen-bond donors (Lipinski definition) is 0. The molecule has 3 atom stereocenters. The zero-order valence-electron chi connectivity index (χ0n) is 14.1. The van der Waals surface area contributed by atoms with Gasteiger partial charge in [0.15, 0.2) is 0 Å². The third-order valence-electron chi connectivity index (χ3n) is 6.13. The third kappa shape index (κ3) is 4.21. The van der Waals surface area contributed by atoms with Crippen LogP contribution in [-0.2, 0) is 4.74 Å². The molecule has 1 aliphatic heterocycles. The topological polar surface area (TPSA) is 12.5 Å². The summed E-state index contributed by atoms with van der Waals surface area (Å²) in [4.78, 5) is 2.73. The van der Waals surface area contributed by atoms with Gasteiger partial charge in [0.25, 0.3) is 0 Å². The van der Waals surface area contributed by atoms with E-state index >= 15 is 0 Å². The Hall–Kier alpha value is -0.0800. The highest BCUT2D eigenvalue weighted by molar-refractivity contribution is 4.83. The van der Waals surface area contributed by atoms with E-state index in [1.165, 1.54) is 58.0 Å². The summed E-state index contributed by atoms with van der Waals surface area (Å²) in [5, 5.41) is 0. The molecule has 1 aliphatic carbocycles. The number of methoxy groups -OCH3 is 1. The van der Waals surface area contributed by atoms with Crippen LogP contribution in [-0.4, -0.2) is 37.2 Å². The number of likely N-dealkylation sites (tertiary alicyclic amines) is 1. The molecule has 0 aromatic heterocycles. The second-order valence-corrected chi connectivity index (χ2v) is 7.39. The van der Waals surface area contributed by atoms with Crippen molar-refractivity contribution in [1.29, 1.82) is 0 Å². The van der Waals surface area contributed by atoms with Crippen molar-refractivity contribution in [3.63, 3.8) is 0 Å². The van der Waals surface area contributed by atoms with E-state index in [-0.39, 0.29) is 0 Å². The number of nitrogens with zero attached hydrogens (tertiary/aromatic N) is 1. The van der Waals surface area contributed by atoms with Gasteiger partial charge in [0.2, 0.25) is 0 Å². The fraction of sp³-hybridized carbons (Fsp3) is 1.00. The van der Waals surface area contributed by atoms with E-state index in [2.05, 4.69) is 25.7 Å². The molecule has 0 N–H and O–H groups in total. The van der Waals surface area contributed by atoms with Crippen molar-refractivity contribution < 1.29 is 4.74 Å². The zero-order chi connectivity index (χ0) is 14.5. The lowest BCUT2D eigenvalue weighted by Crippen LogP contribution is -2.45. The van der Waals surface area contributed by atoms with E-state index in [1.807, 2.05) is 7.11 Å². The molecule has 2 aliphatic rings. The van der Waals surface area contributed by atoms with E-state index in [9.17, 15) is 0 Å². The minimum atomic E-state index is 0.502. The van der Waals surface area contributed by atoms with Crippen LogP contribution >= 0.6 is 0 Å². The molecular formula is C18H35NO. The number of piperidine rings is 1. The van der Waals surface area contributed by atoms with Gasteiger partial charge in [0.05, 0.1) is 6.10 Å². The Kier molecular flexibility index (Phi) is 6.35. The minimum Gasteiger partial charge on any atom is -0.381 e. The second kappa shape index (κ2) is 7.79. The predicted molar refractivity (Wildman–Crippen MR) is 86.0 cm³/mol. The summed E-state index contributed by atoms with van der Waals surface area (Å²) in [6, 6.07) is 0.709. The Morgan fingerprint density at radius 2 is 1.85 bits per heavy atom. The molecule has 1 saturated heterocycles. The summed E-state index contributed by atoms with van der Waals surface area (Å²) < 4.78 is 5.53. The highest BCUT2D eigenvalue weighted by atomic mass is 16.5. The first-order chi connectivity index (χ1) is 9.63. The molecular weight excluding hydrogens is 246 g/mol. The Morgan fingerprint density at radius 3 is 2.40 bits per heavy atom. The molecule has 1 saturated carbocycles. The largest absolute Gasteiger partial charge is 0.381 e. The Morgan fingerprint density at radius 1 is 1.15 bits per heavy atom. The zero-order valence-corrected chi connectivity index (χ0v) is 14.1. The van der Waals surface area contributed by atoms with Crippen LogP contribution < -0.4 is 0 Å². The van der Waals surface area contributed by atoms with Gasteiger partial charge in [-0.25, -0.2) is 0 Å². The van der Waals surface area contributed by atoms with Crippen LogP contribution in [0.2, 0.25) is 0 Å². The molecule has 3 unspecified atom stereocenters. The monoisotopic (exact) mass is 281 g/mol. The highest BCUT2D eigenvalue weighted by Crippen LogP contribution is 2.35. The molecule has 2 nitrogen and oxygen atoms in total. The SMILES string of the molecule is CCC(C)C1CCC(CN2CCC(OC)CC2C)CC1. The normalized spacial score (nSPS) is 37.8. The Balaban J connectivity index is 1.73. The highest BCUT2D eigenvalue weighted by Gasteiger charge is 2.29. The molecule has 0 bridgehead atoms. The van der Waals surface area contributed by atoms with Gasteiger partial charge in [0, 0.05) is 26.2 Å². The summed E-state index contributed by atoms with van der Waals surface area (Å²) in [6.45, 7) is 9.76. The average Bonchev–Trinajstić information content (AvgIpc) is 2.49. The molecule has 2 heteroatoms. The molecule has 118 valence electrons. The quantitative estimate of drug-likeness (QED) is 0.743. The van der Waals surface area contributed by atoms with Gasteiger partial charge in [-0.1, -0.05) is 20.3 Å². The Labute approximate surface area is 126 Å². The van der Waals surface area contributed by atoms with Gasteiger partial charge < -0.3 is 9.64 Å². The molecule has 0 aromatic carbocycles. The maximum Gasteiger partial charge on any atom is 0.0598 e. The van der Waals surface area contributed by atoms with E-state index in [1.54, 1.807) is 0 Å². The summed E-state index contributed by atoms with van der Waals surface area (Å²) in [5.41, 5.74) is 0. The first-order valence-corrected chi connectivity index (χ1v) is 8.90. The molecule has 0 spiro atoms. The van der Waals surface area contributed by atoms with Crippen LogP contribution in [0.15, 0.2) is 0 Å². The smallest absolute Gasteiger partial charge is 0.0598 e. The molecule has 0 radical (unpaired) electrons. The van der Waals surface area contributed by atoms with Gasteiger partial charge in [-0.3, -0.25) is 0 Å². The van der Waals surface area contributed by atoms with Crippen molar-refractivity contribution in [3.05, 3.63) is 0 Å². The minimum absolute atomic E-state index is 0.502. The molecule has 1 heterocycles. The van der Waals surface area contributed by atoms with Gasteiger partial charge >= 0.3 is 0 Å². The maximum absolute atomic E-state index is 5.53. The van der Waals surface area contributed by atoms with Crippen LogP contribution in [0, 0.1) is 17.8 Å². The van der Waals surface area contributed by atoms with Crippen molar-refractivity contribution in [3.8, 4) is 0 Å². The van der Waals surface area contributed by atoms with Crippen LogP contribution in [0.4, 0.5) is 0 Å². The number of rotatable bonds is 5. The second-order valence-electron chi connectivity index (χ2n) is 7.39. The van der Waals surface area contributed by atoms with Gasteiger partial charge in [0.1, 0.15) is 0 Å². The first kappa shape index (κ1) is 16.3. The fourth-order valence-electron chi connectivity index (χ4n) is 4.27. The van der Waals surface area contributed by atoms with E-state index in [4.69, 9.17) is 4.74 Å². The average molecular weight is 281 g/mol. The van der Waals surface area contributed by atoms with Crippen molar-refractivity contribution in [2.24, 2.45) is 17.8 Å².